The summed E-state index contributed by atoms with van der Waals surface area (Å²) in [4.78, 5) is 25.7. The number of methoxy groups -OCH3 is 2. The van der Waals surface area contributed by atoms with Gasteiger partial charge in [-0.25, -0.2) is 0 Å². The van der Waals surface area contributed by atoms with Gasteiger partial charge < -0.3 is 24.8 Å². The van der Waals surface area contributed by atoms with Crippen LogP contribution in [-0.4, -0.2) is 61.3 Å². The van der Waals surface area contributed by atoms with E-state index in [1.54, 1.807) is 24.1 Å². The Kier molecular flexibility index (Phi) is 9.11. The maximum atomic E-state index is 13.0. The van der Waals surface area contributed by atoms with E-state index < -0.39 is 5.91 Å². The molecule has 1 aromatic heterocycles. The monoisotopic (exact) mass is 480 g/mol. The molecular formula is C26H32N4O5. The van der Waals surface area contributed by atoms with Crippen LogP contribution in [-0.2, 0) is 11.2 Å². The highest BCUT2D eigenvalue weighted by molar-refractivity contribution is 5.95. The summed E-state index contributed by atoms with van der Waals surface area (Å²) in [6, 6.07) is 15.3. The number of aromatic nitrogens is 2. The summed E-state index contributed by atoms with van der Waals surface area (Å²) in [7, 11) is 4.67. The second-order valence-corrected chi connectivity index (χ2v) is 8.15. The topological polar surface area (TPSA) is 120 Å². The Morgan fingerprint density at radius 3 is 2.31 bits per heavy atom. The van der Waals surface area contributed by atoms with Crippen molar-refractivity contribution in [1.82, 2.24) is 15.1 Å². The maximum absolute atomic E-state index is 13.0. The van der Waals surface area contributed by atoms with Gasteiger partial charge in [0.25, 0.3) is 11.8 Å². The maximum Gasteiger partial charge on any atom is 0.255 e. The summed E-state index contributed by atoms with van der Waals surface area (Å²) in [5.74, 6) is 0.0121. The summed E-state index contributed by atoms with van der Waals surface area (Å²) >= 11 is 0. The second kappa shape index (κ2) is 12.5. The van der Waals surface area contributed by atoms with Crippen LogP contribution in [0.4, 0.5) is 0 Å². The first-order chi connectivity index (χ1) is 16.9. The Hall–Kier alpha value is -4.01. The van der Waals surface area contributed by atoms with E-state index in [1.165, 1.54) is 14.2 Å². The summed E-state index contributed by atoms with van der Waals surface area (Å²) in [6.45, 7) is 0.285. The van der Waals surface area contributed by atoms with E-state index in [4.69, 9.17) is 19.9 Å². The lowest BCUT2D eigenvalue weighted by atomic mass is 10.1. The van der Waals surface area contributed by atoms with E-state index in [9.17, 15) is 9.59 Å². The van der Waals surface area contributed by atoms with Crippen molar-refractivity contribution in [1.29, 1.82) is 0 Å². The number of rotatable bonds is 13. The molecule has 0 fully saturated rings. The van der Waals surface area contributed by atoms with Crippen LogP contribution < -0.4 is 19.9 Å². The number of nitrogens with two attached hydrogens (primary N) is 1. The number of H-pyrrole nitrogens is 1. The SMILES string of the molecule is COc1cc(C(=O)N(C)CCCCCc2cc(-c3ccccc3)n[nH]2)cc(OC)c1OCC(N)=O. The van der Waals surface area contributed by atoms with Gasteiger partial charge in [0.1, 0.15) is 0 Å². The molecule has 0 saturated heterocycles. The minimum atomic E-state index is -0.627. The first-order valence-electron chi connectivity index (χ1n) is 11.4. The number of benzene rings is 2. The molecule has 35 heavy (non-hydrogen) atoms. The third-order valence-corrected chi connectivity index (χ3v) is 5.55. The number of hydrogen-bond donors (Lipinski definition) is 2. The van der Waals surface area contributed by atoms with Crippen molar-refractivity contribution in [3.05, 3.63) is 59.8 Å². The predicted molar refractivity (Wildman–Crippen MR) is 133 cm³/mol. The standard InChI is InChI=1S/C26H32N4O5/c1-30(13-9-5-8-12-20-16-21(29-28-20)18-10-6-4-7-11-18)26(32)19-14-22(33-2)25(23(15-19)34-3)35-17-24(27)31/h4,6-7,10-11,14-16H,5,8-9,12-13,17H2,1-3H3,(H2,27,31)(H,28,29). The quantitative estimate of drug-likeness (QED) is 0.362. The van der Waals surface area contributed by atoms with E-state index in [2.05, 4.69) is 16.3 Å². The number of carbonyl (C=O) groups excluding carboxylic acids is 2. The molecule has 0 aliphatic carbocycles. The average Bonchev–Trinajstić information content (AvgIpc) is 3.35. The minimum absolute atomic E-state index is 0.163. The third-order valence-electron chi connectivity index (χ3n) is 5.55. The number of amides is 2. The van der Waals surface area contributed by atoms with Gasteiger partial charge in [-0.15, -0.1) is 0 Å². The largest absolute Gasteiger partial charge is 0.493 e. The number of ether oxygens (including phenoxy) is 3. The van der Waals surface area contributed by atoms with Gasteiger partial charge in [-0.2, -0.15) is 5.10 Å². The number of hydrogen-bond acceptors (Lipinski definition) is 6. The summed E-state index contributed by atoms with van der Waals surface area (Å²) in [5.41, 5.74) is 8.70. The number of unbranched alkanes of at least 4 members (excludes halogenated alkanes) is 2. The van der Waals surface area contributed by atoms with Crippen LogP contribution in [0, 0.1) is 0 Å². The van der Waals surface area contributed by atoms with Crippen molar-refractivity contribution in [3.8, 4) is 28.5 Å². The second-order valence-electron chi connectivity index (χ2n) is 8.15. The zero-order chi connectivity index (χ0) is 25.2. The summed E-state index contributed by atoms with van der Waals surface area (Å²) < 4.78 is 16.1. The molecule has 0 bridgehead atoms. The smallest absolute Gasteiger partial charge is 0.255 e. The van der Waals surface area contributed by atoms with Crippen molar-refractivity contribution in [2.24, 2.45) is 5.73 Å². The van der Waals surface area contributed by atoms with E-state index >= 15 is 0 Å². The fourth-order valence-electron chi connectivity index (χ4n) is 3.70. The molecule has 3 aromatic rings. The van der Waals surface area contributed by atoms with Gasteiger partial charge >= 0.3 is 0 Å². The highest BCUT2D eigenvalue weighted by Gasteiger charge is 2.20. The van der Waals surface area contributed by atoms with Crippen LogP contribution >= 0.6 is 0 Å². The Labute approximate surface area is 205 Å². The Morgan fingerprint density at radius 2 is 1.69 bits per heavy atom. The van der Waals surface area contributed by atoms with Gasteiger partial charge in [0, 0.05) is 30.4 Å². The average molecular weight is 481 g/mol. The van der Waals surface area contributed by atoms with Crippen molar-refractivity contribution >= 4 is 11.8 Å². The molecule has 9 nitrogen and oxygen atoms in total. The summed E-state index contributed by atoms with van der Waals surface area (Å²) in [6.07, 6.45) is 3.74. The van der Waals surface area contributed by atoms with Crippen LogP contribution in [0.3, 0.4) is 0 Å². The molecule has 2 amide bonds. The number of carbonyl (C=O) groups is 2. The molecular weight excluding hydrogens is 448 g/mol. The third kappa shape index (κ3) is 6.99. The predicted octanol–water partition coefficient (Wildman–Crippen LogP) is 3.44. The molecule has 1 heterocycles. The number of nitrogens with one attached hydrogen (secondary N) is 1. The van der Waals surface area contributed by atoms with Crippen LogP contribution in [0.2, 0.25) is 0 Å². The highest BCUT2D eigenvalue weighted by Crippen LogP contribution is 2.38. The van der Waals surface area contributed by atoms with Crippen molar-refractivity contribution in [3.63, 3.8) is 0 Å². The first kappa shape index (κ1) is 25.6. The molecule has 3 rings (SSSR count). The van der Waals surface area contributed by atoms with Crippen molar-refractivity contribution in [2.45, 2.75) is 25.7 Å². The molecule has 9 heteroatoms. The van der Waals surface area contributed by atoms with Gasteiger partial charge in [0.2, 0.25) is 5.75 Å². The lowest BCUT2D eigenvalue weighted by Crippen LogP contribution is -2.28. The lowest BCUT2D eigenvalue weighted by Gasteiger charge is -2.19. The van der Waals surface area contributed by atoms with Gasteiger partial charge in [-0.05, 0) is 37.5 Å². The van der Waals surface area contributed by atoms with Crippen LogP contribution in [0.15, 0.2) is 48.5 Å². The number of aryl methyl sites for hydroxylation is 1. The molecule has 0 spiro atoms. The van der Waals surface area contributed by atoms with E-state index in [0.29, 0.717) is 12.1 Å². The fraction of sp³-hybridized carbons (Fsp3) is 0.346. The number of aromatic amines is 1. The van der Waals surface area contributed by atoms with Crippen LogP contribution in [0.1, 0.15) is 35.3 Å². The van der Waals surface area contributed by atoms with E-state index in [0.717, 1.165) is 42.6 Å². The zero-order valence-electron chi connectivity index (χ0n) is 20.4. The van der Waals surface area contributed by atoms with Gasteiger partial charge in [-0.3, -0.25) is 14.7 Å². The molecule has 0 atom stereocenters. The molecule has 0 radical (unpaired) electrons. The van der Waals surface area contributed by atoms with E-state index in [-0.39, 0.29) is 29.8 Å². The highest BCUT2D eigenvalue weighted by atomic mass is 16.5. The molecule has 0 aliphatic rings. The molecule has 0 unspecified atom stereocenters. The molecule has 0 saturated carbocycles. The normalized spacial score (nSPS) is 10.6. The number of nitrogens with zero attached hydrogens (tertiary/aromatic N) is 2. The van der Waals surface area contributed by atoms with E-state index in [1.807, 2.05) is 30.3 Å². The minimum Gasteiger partial charge on any atom is -0.493 e. The molecule has 0 aliphatic heterocycles. The Morgan fingerprint density at radius 1 is 1.00 bits per heavy atom. The van der Waals surface area contributed by atoms with Crippen LogP contribution in [0.5, 0.6) is 17.2 Å². The number of primary amides is 1. The van der Waals surface area contributed by atoms with Gasteiger partial charge in [-0.1, -0.05) is 36.8 Å². The molecule has 186 valence electrons. The Balaban J connectivity index is 1.50. The summed E-state index contributed by atoms with van der Waals surface area (Å²) in [5, 5.41) is 7.51. The lowest BCUT2D eigenvalue weighted by molar-refractivity contribution is -0.120. The Bertz CT molecular complexity index is 1100. The van der Waals surface area contributed by atoms with Crippen molar-refractivity contribution in [2.75, 3.05) is 34.4 Å². The molecule has 3 N–H and O–H groups in total. The van der Waals surface area contributed by atoms with Gasteiger partial charge in [0.05, 0.1) is 19.9 Å². The van der Waals surface area contributed by atoms with Gasteiger partial charge in [0.15, 0.2) is 18.1 Å². The van der Waals surface area contributed by atoms with Crippen molar-refractivity contribution < 1.29 is 23.8 Å². The fourth-order valence-corrected chi connectivity index (χ4v) is 3.70. The molecule has 2 aromatic carbocycles. The zero-order valence-corrected chi connectivity index (χ0v) is 20.4. The first-order valence-corrected chi connectivity index (χ1v) is 11.4. The van der Waals surface area contributed by atoms with Crippen LogP contribution in [0.25, 0.3) is 11.3 Å².